The number of halogens is 1. The number of rotatable bonds is 7. The number of nitrogens with one attached hydrogen (secondary N) is 1. The molecule has 0 saturated heterocycles. The van der Waals surface area contributed by atoms with E-state index in [-0.39, 0.29) is 17.7 Å². The predicted molar refractivity (Wildman–Crippen MR) is 105 cm³/mol. The zero-order valence-corrected chi connectivity index (χ0v) is 16.4. The molecule has 4 bridgehead atoms. The van der Waals surface area contributed by atoms with Crippen LogP contribution in [0.3, 0.4) is 0 Å². The Morgan fingerprint density at radius 3 is 2.15 bits per heavy atom. The SMILES string of the molecule is O=C(O)C[C@H](Cc1ccc(Cl)cc1)C(=O)NCC12CC3CC(CC(C3)C1)C2. The van der Waals surface area contributed by atoms with E-state index in [1.807, 2.05) is 12.1 Å². The first kappa shape index (κ1) is 18.8. The smallest absolute Gasteiger partial charge is 0.304 e. The Bertz CT molecular complexity index is 679. The van der Waals surface area contributed by atoms with Crippen molar-refractivity contribution in [1.29, 1.82) is 0 Å². The predicted octanol–water partition coefficient (Wildman–Crippen LogP) is 4.31. The first-order valence-corrected chi connectivity index (χ1v) is 10.5. The van der Waals surface area contributed by atoms with Crippen LogP contribution in [0.25, 0.3) is 0 Å². The highest BCUT2D eigenvalue weighted by Crippen LogP contribution is 2.59. The van der Waals surface area contributed by atoms with Crippen molar-refractivity contribution in [2.45, 2.75) is 51.4 Å². The molecule has 4 aliphatic rings. The average molecular weight is 390 g/mol. The van der Waals surface area contributed by atoms with Crippen molar-refractivity contribution in [3.63, 3.8) is 0 Å². The summed E-state index contributed by atoms with van der Waals surface area (Å²) in [4.78, 5) is 24.1. The third-order valence-corrected chi connectivity index (χ3v) is 7.24. The van der Waals surface area contributed by atoms with Crippen molar-refractivity contribution >= 4 is 23.5 Å². The highest BCUT2D eigenvalue weighted by Gasteiger charge is 2.50. The number of amides is 1. The summed E-state index contributed by atoms with van der Waals surface area (Å²) in [5, 5.41) is 13.0. The van der Waals surface area contributed by atoms with Gasteiger partial charge in [0.2, 0.25) is 5.91 Å². The maximum atomic E-state index is 12.8. The fourth-order valence-corrected chi connectivity index (χ4v) is 6.42. The van der Waals surface area contributed by atoms with E-state index in [1.165, 1.54) is 38.5 Å². The monoisotopic (exact) mass is 389 g/mol. The standard InChI is InChI=1S/C22H28ClNO3/c23-19-3-1-14(2-4-19)8-18(9-20(25)26)21(27)24-13-22-10-15-5-16(11-22)7-17(6-15)12-22/h1-4,15-18H,5-13H2,(H,24,27)(H,25,26)/t15?,16?,17?,18-,22?/m0/s1. The van der Waals surface area contributed by atoms with Crippen LogP contribution in [0.1, 0.15) is 50.5 Å². The highest BCUT2D eigenvalue weighted by atomic mass is 35.5. The van der Waals surface area contributed by atoms with E-state index in [0.29, 0.717) is 18.0 Å². The molecule has 0 unspecified atom stereocenters. The molecule has 0 radical (unpaired) electrons. The Labute approximate surface area is 165 Å². The lowest BCUT2D eigenvalue weighted by atomic mass is 9.49. The Balaban J connectivity index is 1.39. The number of aliphatic carboxylic acids is 1. The number of hydrogen-bond acceptors (Lipinski definition) is 2. The number of hydrogen-bond donors (Lipinski definition) is 2. The fourth-order valence-electron chi connectivity index (χ4n) is 6.30. The number of carbonyl (C=O) groups excluding carboxylic acids is 1. The lowest BCUT2D eigenvalue weighted by molar-refractivity contribution is -0.141. The van der Waals surface area contributed by atoms with E-state index in [2.05, 4.69) is 5.32 Å². The van der Waals surface area contributed by atoms with Gasteiger partial charge in [0.15, 0.2) is 0 Å². The molecule has 4 fully saturated rings. The van der Waals surface area contributed by atoms with Gasteiger partial charge in [-0.25, -0.2) is 0 Å². The van der Waals surface area contributed by atoms with Crippen molar-refractivity contribution in [3.8, 4) is 0 Å². The second-order valence-corrected chi connectivity index (χ2v) is 9.70. The summed E-state index contributed by atoms with van der Waals surface area (Å²) in [5.41, 5.74) is 1.20. The van der Waals surface area contributed by atoms with Crippen LogP contribution in [0, 0.1) is 29.1 Å². The number of carbonyl (C=O) groups is 2. The van der Waals surface area contributed by atoms with Crippen LogP contribution in [-0.2, 0) is 16.0 Å². The van der Waals surface area contributed by atoms with Gasteiger partial charge >= 0.3 is 5.97 Å². The van der Waals surface area contributed by atoms with E-state index in [4.69, 9.17) is 11.6 Å². The summed E-state index contributed by atoms with van der Waals surface area (Å²) in [5.74, 6) is 0.936. The minimum atomic E-state index is -0.932. The van der Waals surface area contributed by atoms with Gasteiger partial charge in [0.05, 0.1) is 12.3 Å². The minimum absolute atomic E-state index is 0.122. The van der Waals surface area contributed by atoms with Gasteiger partial charge in [-0.3, -0.25) is 9.59 Å². The Kier molecular flexibility index (Phi) is 5.19. The summed E-state index contributed by atoms with van der Waals surface area (Å²) >= 11 is 5.92. The van der Waals surface area contributed by atoms with E-state index >= 15 is 0 Å². The zero-order chi connectivity index (χ0) is 19.0. The second-order valence-electron chi connectivity index (χ2n) is 9.26. The molecule has 0 aliphatic heterocycles. The molecule has 1 aromatic rings. The number of benzene rings is 1. The molecular formula is C22H28ClNO3. The van der Waals surface area contributed by atoms with Crippen LogP contribution in [0.15, 0.2) is 24.3 Å². The van der Waals surface area contributed by atoms with Gasteiger partial charge in [-0.1, -0.05) is 23.7 Å². The van der Waals surface area contributed by atoms with Crippen LogP contribution < -0.4 is 5.32 Å². The van der Waals surface area contributed by atoms with Gasteiger partial charge in [0, 0.05) is 11.6 Å². The Morgan fingerprint density at radius 2 is 1.63 bits per heavy atom. The van der Waals surface area contributed by atoms with Gasteiger partial charge in [-0.15, -0.1) is 0 Å². The maximum absolute atomic E-state index is 12.8. The van der Waals surface area contributed by atoms with Gasteiger partial charge in [-0.2, -0.15) is 0 Å². The van der Waals surface area contributed by atoms with Gasteiger partial charge < -0.3 is 10.4 Å². The van der Waals surface area contributed by atoms with Crippen molar-refractivity contribution in [3.05, 3.63) is 34.9 Å². The van der Waals surface area contributed by atoms with Crippen molar-refractivity contribution in [1.82, 2.24) is 5.32 Å². The van der Waals surface area contributed by atoms with Crippen LogP contribution >= 0.6 is 11.6 Å². The molecule has 5 heteroatoms. The largest absolute Gasteiger partial charge is 0.481 e. The van der Waals surface area contributed by atoms with E-state index in [0.717, 1.165) is 23.3 Å². The third-order valence-electron chi connectivity index (χ3n) is 6.99. The second kappa shape index (κ2) is 7.46. The summed E-state index contributed by atoms with van der Waals surface area (Å²) in [6.45, 7) is 0.714. The molecule has 1 amide bonds. The van der Waals surface area contributed by atoms with Crippen molar-refractivity contribution < 1.29 is 14.7 Å². The van der Waals surface area contributed by atoms with E-state index < -0.39 is 11.9 Å². The summed E-state index contributed by atoms with van der Waals surface area (Å²) in [6.07, 6.45) is 8.13. The van der Waals surface area contributed by atoms with E-state index in [1.54, 1.807) is 12.1 Å². The lowest BCUT2D eigenvalue weighted by Crippen LogP contribution is -2.51. The molecule has 4 saturated carbocycles. The quantitative estimate of drug-likeness (QED) is 0.730. The molecule has 27 heavy (non-hydrogen) atoms. The molecule has 5 rings (SSSR count). The molecule has 0 heterocycles. The summed E-state index contributed by atoms with van der Waals surface area (Å²) in [7, 11) is 0. The molecule has 4 aliphatic carbocycles. The lowest BCUT2D eigenvalue weighted by Gasteiger charge is -2.57. The molecule has 146 valence electrons. The molecular weight excluding hydrogens is 362 g/mol. The van der Waals surface area contributed by atoms with Crippen molar-refractivity contribution in [2.24, 2.45) is 29.1 Å². The van der Waals surface area contributed by atoms with Gasteiger partial charge in [-0.05, 0) is 85.8 Å². The van der Waals surface area contributed by atoms with Crippen LogP contribution in [0.5, 0.6) is 0 Å². The van der Waals surface area contributed by atoms with E-state index in [9.17, 15) is 14.7 Å². The molecule has 0 spiro atoms. The summed E-state index contributed by atoms with van der Waals surface area (Å²) in [6, 6.07) is 7.29. The maximum Gasteiger partial charge on any atom is 0.304 e. The van der Waals surface area contributed by atoms with Crippen LogP contribution in [-0.4, -0.2) is 23.5 Å². The molecule has 1 atom stereocenters. The Morgan fingerprint density at radius 1 is 1.07 bits per heavy atom. The number of carboxylic acids is 1. The van der Waals surface area contributed by atoms with Gasteiger partial charge in [0.25, 0.3) is 0 Å². The molecule has 2 N–H and O–H groups in total. The van der Waals surface area contributed by atoms with Crippen molar-refractivity contribution in [2.75, 3.05) is 6.54 Å². The molecule has 0 aromatic heterocycles. The normalized spacial score (nSPS) is 32.3. The van der Waals surface area contributed by atoms with Crippen LogP contribution in [0.2, 0.25) is 5.02 Å². The first-order valence-electron chi connectivity index (χ1n) is 10.1. The minimum Gasteiger partial charge on any atom is -0.481 e. The topological polar surface area (TPSA) is 66.4 Å². The third kappa shape index (κ3) is 4.31. The molecule has 4 nitrogen and oxygen atoms in total. The fraction of sp³-hybridized carbons (Fsp3) is 0.636. The highest BCUT2D eigenvalue weighted by molar-refractivity contribution is 6.30. The van der Waals surface area contributed by atoms with Gasteiger partial charge in [0.1, 0.15) is 0 Å². The Hall–Kier alpha value is -1.55. The zero-order valence-electron chi connectivity index (χ0n) is 15.6. The average Bonchev–Trinajstić information content (AvgIpc) is 2.59. The molecule has 1 aromatic carbocycles. The van der Waals surface area contributed by atoms with Crippen LogP contribution in [0.4, 0.5) is 0 Å². The first-order chi connectivity index (χ1) is 12.9. The summed E-state index contributed by atoms with van der Waals surface area (Å²) < 4.78 is 0. The number of carboxylic acid groups (broad SMARTS) is 1.